The number of nitriles is 1. The van der Waals surface area contributed by atoms with Crippen LogP contribution in [0.5, 0.6) is 11.5 Å². The van der Waals surface area contributed by atoms with Crippen molar-refractivity contribution in [3.05, 3.63) is 88.9 Å². The lowest BCUT2D eigenvalue weighted by atomic mass is 10.1. The molecule has 0 aliphatic rings. The first-order valence-electron chi connectivity index (χ1n) is 8.94. The summed E-state index contributed by atoms with van der Waals surface area (Å²) in [6.07, 6.45) is 1.24. The monoisotopic (exact) mass is 445 g/mol. The maximum absolute atomic E-state index is 9.33. The minimum atomic E-state index is -4.94. The van der Waals surface area contributed by atoms with Gasteiger partial charge in [-0.3, -0.25) is 0 Å². The van der Waals surface area contributed by atoms with Crippen LogP contribution in [0.25, 0.3) is 0 Å². The van der Waals surface area contributed by atoms with Crippen LogP contribution < -0.4 is 28.1 Å². The van der Waals surface area contributed by atoms with Gasteiger partial charge in [0.05, 0.1) is 50.8 Å². The quantitative estimate of drug-likeness (QED) is 0.477. The molecule has 0 atom stereocenters. The molecule has 0 radical (unpaired) electrons. The minimum Gasteiger partial charge on any atom is -0.497 e. The Morgan fingerprint density at radius 3 is 1.42 bits per heavy atom. The molecule has 0 saturated carbocycles. The van der Waals surface area contributed by atoms with E-state index in [2.05, 4.69) is 6.07 Å². The fourth-order valence-corrected chi connectivity index (χ4v) is 2.74. The van der Waals surface area contributed by atoms with E-state index in [1.54, 1.807) is 26.4 Å². The molecule has 3 rings (SSSR count). The van der Waals surface area contributed by atoms with Gasteiger partial charge < -0.3 is 9.47 Å². The van der Waals surface area contributed by atoms with Crippen molar-refractivity contribution in [2.24, 2.45) is 0 Å². The maximum atomic E-state index is 9.33. The molecule has 0 aliphatic carbocycles. The van der Waals surface area contributed by atoms with Crippen LogP contribution in [0.4, 0.5) is 0 Å². The highest BCUT2D eigenvalue weighted by Crippen LogP contribution is 2.20. The van der Waals surface area contributed by atoms with Crippen molar-refractivity contribution in [2.75, 3.05) is 14.2 Å². The zero-order valence-corrected chi connectivity index (χ0v) is 17.6. The van der Waals surface area contributed by atoms with E-state index in [1.165, 1.54) is 0 Å². The third kappa shape index (κ3) is 9.00. The van der Waals surface area contributed by atoms with Crippen LogP contribution in [-0.4, -0.2) is 14.2 Å². The molecule has 0 N–H and O–H groups in total. The summed E-state index contributed by atoms with van der Waals surface area (Å²) in [7, 11) is -1.65. The highest BCUT2D eigenvalue weighted by Gasteiger charge is 2.17. The van der Waals surface area contributed by atoms with Gasteiger partial charge in [-0.2, -0.15) is 5.26 Å². The molecule has 8 nitrogen and oxygen atoms in total. The molecule has 162 valence electrons. The van der Waals surface area contributed by atoms with Crippen LogP contribution in [-0.2, 0) is 12.8 Å². The van der Waals surface area contributed by atoms with Crippen molar-refractivity contribution in [3.63, 3.8) is 0 Å². The van der Waals surface area contributed by atoms with Crippen molar-refractivity contribution >= 4 is 0 Å². The molecular weight excluding hydrogens is 426 g/mol. The Kier molecular flexibility index (Phi) is 8.75. The Morgan fingerprint density at radius 2 is 1.13 bits per heavy atom. The number of methoxy groups -OCH3 is 2. The van der Waals surface area contributed by atoms with Crippen molar-refractivity contribution < 1.29 is 42.8 Å². The predicted octanol–water partition coefficient (Wildman–Crippen LogP) is -0.125. The normalized spacial score (nSPS) is 10.5. The zero-order valence-electron chi connectivity index (χ0n) is 16.9. The molecule has 0 unspecified atom stereocenters. The lowest BCUT2D eigenvalue weighted by Gasteiger charge is -2.17. The van der Waals surface area contributed by atoms with Crippen LogP contribution in [0, 0.1) is 21.6 Å². The molecule has 9 heteroatoms. The highest BCUT2D eigenvalue weighted by molar-refractivity contribution is 5.36. The number of hydrogen-bond donors (Lipinski definition) is 0. The topological polar surface area (TPSA) is 146 Å². The van der Waals surface area contributed by atoms with E-state index in [4.69, 9.17) is 32.5 Å². The Bertz CT molecular complexity index is 936. The third-order valence-electron chi connectivity index (χ3n) is 4.10. The van der Waals surface area contributed by atoms with Crippen molar-refractivity contribution in [2.45, 2.75) is 12.8 Å². The van der Waals surface area contributed by atoms with Gasteiger partial charge in [-0.25, -0.2) is 23.1 Å². The molecule has 1 heterocycles. The number of benzene rings is 2. The largest absolute Gasteiger partial charge is 0.497 e. The van der Waals surface area contributed by atoms with Gasteiger partial charge in [-0.15, -0.1) is 10.2 Å². The molecule has 0 saturated heterocycles. The summed E-state index contributed by atoms with van der Waals surface area (Å²) in [6.45, 7) is 0. The summed E-state index contributed by atoms with van der Waals surface area (Å²) >= 11 is 0. The van der Waals surface area contributed by atoms with Crippen LogP contribution in [0.1, 0.15) is 28.2 Å². The van der Waals surface area contributed by atoms with Crippen molar-refractivity contribution in [1.82, 2.24) is 0 Å². The van der Waals surface area contributed by atoms with Gasteiger partial charge in [0.15, 0.2) is 0 Å². The molecule has 0 bridgehead atoms. The average Bonchev–Trinajstić information content (AvgIpc) is 2.73. The maximum Gasteiger partial charge on any atom is 0.335 e. The van der Waals surface area contributed by atoms with E-state index in [0.717, 1.165) is 34.1 Å². The second kappa shape index (κ2) is 11.3. The molecule has 0 amide bonds. The molecule has 31 heavy (non-hydrogen) atoms. The van der Waals surface area contributed by atoms with Gasteiger partial charge in [0, 0.05) is 0 Å². The average molecular weight is 446 g/mol. The van der Waals surface area contributed by atoms with Gasteiger partial charge >= 0.3 is 11.5 Å². The molecule has 3 aromatic rings. The number of halogens is 1. The van der Waals surface area contributed by atoms with Gasteiger partial charge in [-0.05, 0) is 35.4 Å². The Balaban J connectivity index is 0.000000614. The summed E-state index contributed by atoms with van der Waals surface area (Å²) in [4.78, 5) is 0. The summed E-state index contributed by atoms with van der Waals surface area (Å²) in [5.74, 6) is 3.16. The van der Waals surface area contributed by atoms with Crippen LogP contribution >= 0.6 is 0 Å². The minimum absolute atomic E-state index is 0.600. The van der Waals surface area contributed by atoms with Gasteiger partial charge in [0.1, 0.15) is 11.5 Å². The van der Waals surface area contributed by atoms with Gasteiger partial charge in [0.25, 0.3) is 0 Å². The third-order valence-corrected chi connectivity index (χ3v) is 4.10. The summed E-state index contributed by atoms with van der Waals surface area (Å²) in [5.41, 5.74) is 2.79. The molecule has 0 fully saturated rings. The number of hydrogen-bond acceptors (Lipinski definition) is 7. The SMILES string of the molecule is COc1ccc(Cc2cc(C#N)cc(Cc3ccc(OC)cc3)[o+]2)cc1.[O-][Cl+3]([O-])([O-])[O-]. The molecule has 0 aliphatic heterocycles. The van der Waals surface area contributed by atoms with Crippen molar-refractivity contribution in [3.8, 4) is 17.6 Å². The smallest absolute Gasteiger partial charge is 0.335 e. The summed E-state index contributed by atoms with van der Waals surface area (Å²) < 4.78 is 50.4. The predicted molar refractivity (Wildman–Crippen MR) is 99.4 cm³/mol. The van der Waals surface area contributed by atoms with E-state index in [9.17, 15) is 5.26 Å². The van der Waals surface area contributed by atoms with Crippen LogP contribution in [0.3, 0.4) is 0 Å². The van der Waals surface area contributed by atoms with E-state index < -0.39 is 10.2 Å². The van der Waals surface area contributed by atoms with Gasteiger partial charge in [0.2, 0.25) is 0 Å². The summed E-state index contributed by atoms with van der Waals surface area (Å²) in [6, 6.07) is 21.5. The zero-order chi connectivity index (χ0) is 22.9. The Morgan fingerprint density at radius 1 is 0.774 bits per heavy atom. The Hall–Kier alpha value is -3.19. The number of nitrogens with zero attached hydrogens (tertiary/aromatic N) is 1. The second-order valence-corrected chi connectivity index (χ2v) is 7.07. The van der Waals surface area contributed by atoms with E-state index >= 15 is 0 Å². The first-order chi connectivity index (χ1) is 14.7. The first-order valence-corrected chi connectivity index (χ1v) is 10.2. The fraction of sp³-hybridized carbons (Fsp3) is 0.182. The molecule has 0 spiro atoms. The standard InChI is InChI=1S/C22H20NO3.ClHO4/c1-24-19-7-3-16(4-8-19)11-21-13-18(15-23)14-22(26-21)12-17-5-9-20(25-2)10-6-17;2-1(3,4)5/h3-10,13-14H,11-12H2,1-2H3;(H,2,3,4,5)/q+1;/p-1. The first kappa shape index (κ1) is 24.1. The van der Waals surface area contributed by atoms with Crippen LogP contribution in [0.15, 0.2) is 65.1 Å². The lowest BCUT2D eigenvalue weighted by molar-refractivity contribution is -2.00. The second-order valence-electron chi connectivity index (χ2n) is 6.32. The molecular formula is C22H20ClNO7. The number of rotatable bonds is 6. The molecule has 2 aromatic carbocycles. The number of ether oxygens (including phenoxy) is 2. The summed E-state index contributed by atoms with van der Waals surface area (Å²) in [5, 5.41) is 9.33. The lowest BCUT2D eigenvalue weighted by Crippen LogP contribution is -2.68. The van der Waals surface area contributed by atoms with E-state index in [1.807, 2.05) is 48.5 Å². The van der Waals surface area contributed by atoms with Crippen LogP contribution in [0.2, 0.25) is 0 Å². The van der Waals surface area contributed by atoms with Crippen molar-refractivity contribution in [1.29, 1.82) is 5.26 Å². The fourth-order valence-electron chi connectivity index (χ4n) is 2.74. The Labute approximate surface area is 181 Å². The van der Waals surface area contributed by atoms with E-state index in [-0.39, 0.29) is 0 Å². The highest BCUT2D eigenvalue weighted by atomic mass is 35.7. The van der Waals surface area contributed by atoms with E-state index in [0.29, 0.717) is 18.4 Å². The van der Waals surface area contributed by atoms with Gasteiger partial charge in [-0.1, -0.05) is 24.3 Å². The molecule has 1 aromatic heterocycles.